The SMILES string of the molecule is CCC(=O)OC(C)C(C)(c1ccccc1)c1ccccc1. The van der Waals surface area contributed by atoms with Crippen LogP contribution in [-0.4, -0.2) is 12.1 Å². The molecule has 1 atom stereocenters. The lowest BCUT2D eigenvalue weighted by atomic mass is 9.72. The van der Waals surface area contributed by atoms with E-state index in [1.807, 2.05) is 50.2 Å². The van der Waals surface area contributed by atoms with Crippen LogP contribution in [0.1, 0.15) is 38.3 Å². The molecule has 0 spiro atoms. The number of benzene rings is 2. The predicted octanol–water partition coefficient (Wildman–Crippen LogP) is 4.33. The van der Waals surface area contributed by atoms with Gasteiger partial charge in [0.05, 0.1) is 5.41 Å². The summed E-state index contributed by atoms with van der Waals surface area (Å²) in [6.45, 7) is 5.91. The van der Waals surface area contributed by atoms with Gasteiger partial charge in [-0.15, -0.1) is 0 Å². The van der Waals surface area contributed by atoms with E-state index in [2.05, 4.69) is 31.2 Å². The molecule has 0 aliphatic carbocycles. The van der Waals surface area contributed by atoms with Gasteiger partial charge in [-0.25, -0.2) is 0 Å². The molecule has 2 aromatic rings. The first-order valence-electron chi connectivity index (χ1n) is 7.39. The topological polar surface area (TPSA) is 26.3 Å². The number of ether oxygens (including phenoxy) is 1. The summed E-state index contributed by atoms with van der Waals surface area (Å²) >= 11 is 0. The lowest BCUT2D eigenvalue weighted by Gasteiger charge is -2.36. The average molecular weight is 282 g/mol. The molecule has 0 amide bonds. The van der Waals surface area contributed by atoms with Crippen LogP contribution in [-0.2, 0) is 14.9 Å². The molecule has 0 radical (unpaired) electrons. The lowest BCUT2D eigenvalue weighted by molar-refractivity contribution is -0.150. The van der Waals surface area contributed by atoms with Crippen molar-refractivity contribution in [3.8, 4) is 0 Å². The average Bonchev–Trinajstić information content (AvgIpc) is 2.55. The zero-order valence-electron chi connectivity index (χ0n) is 12.9. The van der Waals surface area contributed by atoms with E-state index in [0.717, 1.165) is 11.1 Å². The zero-order valence-corrected chi connectivity index (χ0v) is 12.9. The Morgan fingerprint density at radius 3 is 1.81 bits per heavy atom. The van der Waals surface area contributed by atoms with Crippen LogP contribution in [0.5, 0.6) is 0 Å². The quantitative estimate of drug-likeness (QED) is 0.763. The highest BCUT2D eigenvalue weighted by molar-refractivity contribution is 5.69. The van der Waals surface area contributed by atoms with Gasteiger partial charge in [-0.3, -0.25) is 4.79 Å². The summed E-state index contributed by atoms with van der Waals surface area (Å²) in [5.41, 5.74) is 1.92. The van der Waals surface area contributed by atoms with Crippen molar-refractivity contribution in [3.63, 3.8) is 0 Å². The van der Waals surface area contributed by atoms with Gasteiger partial charge in [0.1, 0.15) is 6.10 Å². The van der Waals surface area contributed by atoms with Gasteiger partial charge in [0, 0.05) is 6.42 Å². The van der Waals surface area contributed by atoms with Gasteiger partial charge in [-0.2, -0.15) is 0 Å². The van der Waals surface area contributed by atoms with Crippen molar-refractivity contribution in [2.75, 3.05) is 0 Å². The van der Waals surface area contributed by atoms with Crippen molar-refractivity contribution in [1.29, 1.82) is 0 Å². The fourth-order valence-corrected chi connectivity index (χ4v) is 2.60. The van der Waals surface area contributed by atoms with Crippen molar-refractivity contribution < 1.29 is 9.53 Å². The highest BCUT2D eigenvalue weighted by Crippen LogP contribution is 2.36. The van der Waals surface area contributed by atoms with Crippen LogP contribution in [0.3, 0.4) is 0 Å². The molecule has 0 aliphatic rings. The Labute approximate surface area is 126 Å². The third-order valence-corrected chi connectivity index (χ3v) is 4.16. The van der Waals surface area contributed by atoms with Crippen molar-refractivity contribution in [2.45, 2.75) is 38.7 Å². The van der Waals surface area contributed by atoms with Gasteiger partial charge in [0.2, 0.25) is 0 Å². The van der Waals surface area contributed by atoms with Gasteiger partial charge in [0.25, 0.3) is 0 Å². The minimum Gasteiger partial charge on any atom is -0.461 e. The molecular weight excluding hydrogens is 260 g/mol. The van der Waals surface area contributed by atoms with Gasteiger partial charge >= 0.3 is 5.97 Å². The summed E-state index contributed by atoms with van der Waals surface area (Å²) in [5, 5.41) is 0. The van der Waals surface area contributed by atoms with Gasteiger partial charge in [-0.1, -0.05) is 67.6 Å². The summed E-state index contributed by atoms with van der Waals surface area (Å²) < 4.78 is 5.63. The van der Waals surface area contributed by atoms with E-state index in [9.17, 15) is 4.79 Å². The Bertz CT molecular complexity index is 536. The van der Waals surface area contributed by atoms with Crippen LogP contribution >= 0.6 is 0 Å². The summed E-state index contributed by atoms with van der Waals surface area (Å²) in [6, 6.07) is 20.4. The molecule has 2 rings (SSSR count). The molecule has 2 aromatic carbocycles. The van der Waals surface area contributed by atoms with Crippen LogP contribution in [0, 0.1) is 0 Å². The first-order chi connectivity index (χ1) is 10.1. The van der Waals surface area contributed by atoms with E-state index < -0.39 is 0 Å². The molecule has 110 valence electrons. The van der Waals surface area contributed by atoms with Crippen molar-refractivity contribution in [2.24, 2.45) is 0 Å². The fraction of sp³-hybridized carbons (Fsp3) is 0.316. The second-order valence-corrected chi connectivity index (χ2v) is 5.42. The largest absolute Gasteiger partial charge is 0.461 e. The number of rotatable bonds is 5. The molecule has 2 heteroatoms. The fourth-order valence-electron chi connectivity index (χ4n) is 2.60. The maximum atomic E-state index is 11.7. The molecule has 0 heterocycles. The van der Waals surface area contributed by atoms with E-state index in [1.165, 1.54) is 0 Å². The van der Waals surface area contributed by atoms with Crippen molar-refractivity contribution in [3.05, 3.63) is 71.8 Å². The maximum absolute atomic E-state index is 11.7. The molecule has 2 nitrogen and oxygen atoms in total. The van der Waals surface area contributed by atoms with Crippen molar-refractivity contribution >= 4 is 5.97 Å². The summed E-state index contributed by atoms with van der Waals surface area (Å²) in [6.07, 6.45) is 0.152. The third-order valence-electron chi connectivity index (χ3n) is 4.16. The Balaban J connectivity index is 2.47. The Morgan fingerprint density at radius 1 is 1.00 bits per heavy atom. The molecule has 0 N–H and O–H groups in total. The highest BCUT2D eigenvalue weighted by Gasteiger charge is 2.37. The van der Waals surface area contributed by atoms with Gasteiger partial charge in [0.15, 0.2) is 0 Å². The summed E-state index contributed by atoms with van der Waals surface area (Å²) in [5.74, 6) is -0.166. The first kappa shape index (κ1) is 15.3. The molecule has 1 unspecified atom stereocenters. The summed E-state index contributed by atoms with van der Waals surface area (Å²) in [4.78, 5) is 11.7. The van der Waals surface area contributed by atoms with E-state index >= 15 is 0 Å². The van der Waals surface area contributed by atoms with E-state index in [1.54, 1.807) is 0 Å². The predicted molar refractivity (Wildman–Crippen MR) is 85.2 cm³/mol. The summed E-state index contributed by atoms with van der Waals surface area (Å²) in [7, 11) is 0. The molecule has 0 fully saturated rings. The third kappa shape index (κ3) is 3.15. The Kier molecular flexibility index (Phi) is 4.79. The molecule has 21 heavy (non-hydrogen) atoms. The van der Waals surface area contributed by atoms with Crippen LogP contribution in [0.15, 0.2) is 60.7 Å². The molecule has 0 aliphatic heterocycles. The Hall–Kier alpha value is -2.09. The van der Waals surface area contributed by atoms with E-state index in [0.29, 0.717) is 6.42 Å². The zero-order chi connectivity index (χ0) is 15.3. The second kappa shape index (κ2) is 6.57. The van der Waals surface area contributed by atoms with E-state index in [-0.39, 0.29) is 17.5 Å². The lowest BCUT2D eigenvalue weighted by Crippen LogP contribution is -2.39. The molecular formula is C19H22O2. The van der Waals surface area contributed by atoms with Crippen LogP contribution in [0.4, 0.5) is 0 Å². The van der Waals surface area contributed by atoms with Crippen LogP contribution in [0.25, 0.3) is 0 Å². The molecule has 0 aromatic heterocycles. The number of carbonyl (C=O) groups is 1. The first-order valence-corrected chi connectivity index (χ1v) is 7.39. The minimum atomic E-state index is -0.368. The van der Waals surface area contributed by atoms with Gasteiger partial charge in [-0.05, 0) is 25.0 Å². The van der Waals surface area contributed by atoms with Gasteiger partial charge < -0.3 is 4.74 Å². The Morgan fingerprint density at radius 2 is 1.43 bits per heavy atom. The number of hydrogen-bond acceptors (Lipinski definition) is 2. The normalized spacial score (nSPS) is 12.7. The number of esters is 1. The minimum absolute atomic E-state index is 0.166. The second-order valence-electron chi connectivity index (χ2n) is 5.42. The standard InChI is InChI=1S/C19H22O2/c1-4-18(20)21-15(2)19(3,16-11-7-5-8-12-16)17-13-9-6-10-14-17/h5-15H,4H2,1-3H3. The molecule has 0 saturated heterocycles. The van der Waals surface area contributed by atoms with Crippen LogP contribution in [0.2, 0.25) is 0 Å². The monoisotopic (exact) mass is 282 g/mol. The van der Waals surface area contributed by atoms with Crippen molar-refractivity contribution in [1.82, 2.24) is 0 Å². The number of carbonyl (C=O) groups excluding carboxylic acids is 1. The number of hydrogen-bond donors (Lipinski definition) is 0. The molecule has 0 bridgehead atoms. The molecule has 0 saturated carbocycles. The van der Waals surface area contributed by atoms with E-state index in [4.69, 9.17) is 4.74 Å². The van der Waals surface area contributed by atoms with Crippen LogP contribution < -0.4 is 0 Å². The maximum Gasteiger partial charge on any atom is 0.305 e. The smallest absolute Gasteiger partial charge is 0.305 e. The highest BCUT2D eigenvalue weighted by atomic mass is 16.5.